The van der Waals surface area contributed by atoms with Crippen LogP contribution in [0.3, 0.4) is 0 Å². The van der Waals surface area contributed by atoms with Crippen LogP contribution in [0, 0.1) is 11.3 Å². The van der Waals surface area contributed by atoms with Crippen LogP contribution in [0.15, 0.2) is 28.8 Å². The molecule has 1 aromatic heterocycles. The van der Waals surface area contributed by atoms with Gasteiger partial charge in [0.2, 0.25) is 5.89 Å². The van der Waals surface area contributed by atoms with Crippen LogP contribution in [0.5, 0.6) is 0 Å². The molecule has 0 amide bonds. The predicted octanol–water partition coefficient (Wildman–Crippen LogP) is 3.20. The zero-order valence-corrected chi connectivity index (χ0v) is 12.4. The highest BCUT2D eigenvalue weighted by Gasteiger charge is 2.34. The first-order valence-electron chi connectivity index (χ1n) is 7.92. The van der Waals surface area contributed by atoms with Crippen molar-refractivity contribution in [1.29, 1.82) is 5.26 Å². The summed E-state index contributed by atoms with van der Waals surface area (Å²) in [5.41, 5.74) is 1.72. The lowest BCUT2D eigenvalue weighted by Gasteiger charge is -2.39. The summed E-state index contributed by atoms with van der Waals surface area (Å²) in [4.78, 5) is 6.81. The van der Waals surface area contributed by atoms with Crippen LogP contribution in [0.1, 0.15) is 54.8 Å². The fraction of sp³-hybridized carbons (Fsp3) is 0.471. The summed E-state index contributed by atoms with van der Waals surface area (Å²) in [7, 11) is 0. The Morgan fingerprint density at radius 2 is 1.91 bits per heavy atom. The molecule has 0 N–H and O–H groups in total. The second kappa shape index (κ2) is 5.45. The lowest BCUT2D eigenvalue weighted by atomic mass is 9.97. The molecular weight excluding hydrogens is 276 g/mol. The Kier molecular flexibility index (Phi) is 3.30. The average Bonchev–Trinajstić information content (AvgIpc) is 3.17. The fourth-order valence-electron chi connectivity index (χ4n) is 3.44. The lowest BCUT2D eigenvalue weighted by Crippen LogP contribution is -2.45. The van der Waals surface area contributed by atoms with Crippen LogP contribution in [0.2, 0.25) is 0 Å². The number of para-hydroxylation sites is 1. The van der Waals surface area contributed by atoms with Crippen molar-refractivity contribution in [1.82, 2.24) is 10.1 Å². The molecule has 0 unspecified atom stereocenters. The van der Waals surface area contributed by atoms with E-state index in [1.807, 2.05) is 24.3 Å². The first kappa shape index (κ1) is 13.3. The smallest absolute Gasteiger partial charge is 0.233 e. The summed E-state index contributed by atoms with van der Waals surface area (Å²) in [6.45, 7) is 1.68. The monoisotopic (exact) mass is 294 g/mol. The van der Waals surface area contributed by atoms with Gasteiger partial charge in [0.1, 0.15) is 6.07 Å². The van der Waals surface area contributed by atoms with E-state index >= 15 is 0 Å². The van der Waals surface area contributed by atoms with E-state index in [0.717, 1.165) is 36.1 Å². The molecule has 1 aliphatic carbocycles. The molecule has 1 aliphatic heterocycles. The van der Waals surface area contributed by atoms with Crippen LogP contribution in [-0.4, -0.2) is 23.2 Å². The lowest BCUT2D eigenvalue weighted by molar-refractivity contribution is 0.325. The zero-order chi connectivity index (χ0) is 14.9. The van der Waals surface area contributed by atoms with Crippen LogP contribution >= 0.6 is 0 Å². The van der Waals surface area contributed by atoms with Crippen molar-refractivity contribution in [3.05, 3.63) is 41.5 Å². The van der Waals surface area contributed by atoms with Crippen molar-refractivity contribution in [3.63, 3.8) is 0 Å². The molecule has 1 aromatic carbocycles. The summed E-state index contributed by atoms with van der Waals surface area (Å²) in [5.74, 6) is 2.43. The van der Waals surface area contributed by atoms with Gasteiger partial charge in [-0.15, -0.1) is 0 Å². The van der Waals surface area contributed by atoms with Gasteiger partial charge in [-0.25, -0.2) is 0 Å². The van der Waals surface area contributed by atoms with Gasteiger partial charge in [-0.05, 0) is 25.0 Å². The third kappa shape index (κ3) is 2.25. The summed E-state index contributed by atoms with van der Waals surface area (Å²) in [6, 6.07) is 9.96. The zero-order valence-electron chi connectivity index (χ0n) is 12.4. The van der Waals surface area contributed by atoms with E-state index in [1.165, 1.54) is 25.7 Å². The topological polar surface area (TPSA) is 66.0 Å². The first-order chi connectivity index (χ1) is 10.8. The minimum atomic E-state index is 0.286. The molecule has 2 aromatic rings. The maximum Gasteiger partial charge on any atom is 0.233 e. The molecule has 4 rings (SSSR count). The number of anilines is 1. The molecule has 1 saturated carbocycles. The Labute approximate surface area is 129 Å². The Hall–Kier alpha value is -2.35. The van der Waals surface area contributed by atoms with E-state index < -0.39 is 0 Å². The Morgan fingerprint density at radius 1 is 1.14 bits per heavy atom. The van der Waals surface area contributed by atoms with Crippen LogP contribution in [-0.2, 0) is 0 Å². The molecule has 0 spiro atoms. The van der Waals surface area contributed by atoms with E-state index in [0.29, 0.717) is 5.92 Å². The van der Waals surface area contributed by atoms with Crippen LogP contribution in [0.25, 0.3) is 0 Å². The van der Waals surface area contributed by atoms with E-state index in [1.54, 1.807) is 0 Å². The molecule has 0 radical (unpaired) electrons. The van der Waals surface area contributed by atoms with Gasteiger partial charge in [-0.3, -0.25) is 0 Å². The molecule has 1 saturated heterocycles. The Balaban J connectivity index is 1.44. The van der Waals surface area contributed by atoms with Crippen molar-refractivity contribution in [2.75, 3.05) is 18.0 Å². The largest absolute Gasteiger partial charge is 0.369 e. The predicted molar refractivity (Wildman–Crippen MR) is 81.6 cm³/mol. The second-order valence-electron chi connectivity index (χ2n) is 6.20. The molecule has 0 bridgehead atoms. The first-order valence-corrected chi connectivity index (χ1v) is 7.92. The van der Waals surface area contributed by atoms with Crippen molar-refractivity contribution < 1.29 is 4.52 Å². The second-order valence-corrected chi connectivity index (χ2v) is 6.20. The molecule has 2 heterocycles. The normalized spacial score (nSPS) is 19.1. The summed E-state index contributed by atoms with van der Waals surface area (Å²) in [5, 5.41) is 13.4. The van der Waals surface area contributed by atoms with E-state index in [-0.39, 0.29) is 5.92 Å². The standard InChI is InChI=1S/C17H18N4O/c18-9-13-7-3-4-8-15(13)21-10-14(11-21)17-19-16(20-22-17)12-5-1-2-6-12/h3-4,7-8,12,14H,1-2,5-6,10-11H2. The van der Waals surface area contributed by atoms with Crippen molar-refractivity contribution in [2.45, 2.75) is 37.5 Å². The minimum absolute atomic E-state index is 0.286. The van der Waals surface area contributed by atoms with Gasteiger partial charge < -0.3 is 9.42 Å². The molecule has 22 heavy (non-hydrogen) atoms. The maximum atomic E-state index is 9.18. The van der Waals surface area contributed by atoms with Gasteiger partial charge in [0.15, 0.2) is 5.82 Å². The van der Waals surface area contributed by atoms with Gasteiger partial charge in [-0.1, -0.05) is 30.1 Å². The Bertz CT molecular complexity index is 705. The number of aromatic nitrogens is 2. The van der Waals surface area contributed by atoms with Gasteiger partial charge >= 0.3 is 0 Å². The number of benzene rings is 1. The molecule has 5 nitrogen and oxygen atoms in total. The van der Waals surface area contributed by atoms with Gasteiger partial charge in [0, 0.05) is 19.0 Å². The van der Waals surface area contributed by atoms with Crippen molar-refractivity contribution in [3.8, 4) is 6.07 Å². The molecule has 2 aliphatic rings. The van der Waals surface area contributed by atoms with E-state index in [4.69, 9.17) is 4.52 Å². The average molecular weight is 294 g/mol. The number of nitriles is 1. The highest BCUT2D eigenvalue weighted by atomic mass is 16.5. The number of rotatable bonds is 3. The number of hydrogen-bond acceptors (Lipinski definition) is 5. The Morgan fingerprint density at radius 3 is 2.68 bits per heavy atom. The fourth-order valence-corrected chi connectivity index (χ4v) is 3.44. The number of hydrogen-bond donors (Lipinski definition) is 0. The molecule has 5 heteroatoms. The molecule has 0 atom stereocenters. The highest BCUT2D eigenvalue weighted by Crippen LogP contribution is 2.35. The quantitative estimate of drug-likeness (QED) is 0.869. The molecule has 112 valence electrons. The van der Waals surface area contributed by atoms with Crippen molar-refractivity contribution >= 4 is 5.69 Å². The highest BCUT2D eigenvalue weighted by molar-refractivity contribution is 5.61. The third-order valence-corrected chi connectivity index (χ3v) is 4.77. The van der Waals surface area contributed by atoms with Crippen molar-refractivity contribution in [2.24, 2.45) is 0 Å². The van der Waals surface area contributed by atoms with E-state index in [2.05, 4.69) is 21.1 Å². The summed E-state index contributed by atoms with van der Waals surface area (Å²) < 4.78 is 5.47. The summed E-state index contributed by atoms with van der Waals surface area (Å²) in [6.07, 6.45) is 4.92. The van der Waals surface area contributed by atoms with Gasteiger partial charge in [-0.2, -0.15) is 10.2 Å². The van der Waals surface area contributed by atoms with Gasteiger partial charge in [0.05, 0.1) is 17.2 Å². The van der Waals surface area contributed by atoms with Crippen LogP contribution in [0.4, 0.5) is 5.69 Å². The van der Waals surface area contributed by atoms with Gasteiger partial charge in [0.25, 0.3) is 0 Å². The minimum Gasteiger partial charge on any atom is -0.369 e. The molecule has 2 fully saturated rings. The van der Waals surface area contributed by atoms with E-state index in [9.17, 15) is 5.26 Å². The van der Waals surface area contributed by atoms with Crippen LogP contribution < -0.4 is 4.90 Å². The third-order valence-electron chi connectivity index (χ3n) is 4.77. The number of nitrogens with zero attached hydrogens (tertiary/aromatic N) is 4. The summed E-state index contributed by atoms with van der Waals surface area (Å²) >= 11 is 0. The SMILES string of the molecule is N#Cc1ccccc1N1CC(c2nc(C3CCCC3)no2)C1. The molecular formula is C17H18N4O. The maximum absolute atomic E-state index is 9.18.